The predicted molar refractivity (Wildman–Crippen MR) is 79.5 cm³/mol. The molecule has 19 heavy (non-hydrogen) atoms. The summed E-state index contributed by atoms with van der Waals surface area (Å²) in [6, 6.07) is 5.33. The Kier molecular flexibility index (Phi) is 7.38. The molecule has 1 aliphatic rings. The van der Waals surface area contributed by atoms with Gasteiger partial charge in [0.25, 0.3) is 0 Å². The summed E-state index contributed by atoms with van der Waals surface area (Å²) >= 11 is 3.40. The van der Waals surface area contributed by atoms with Crippen LogP contribution in [0.1, 0.15) is 10.4 Å². The number of halogens is 2. The summed E-state index contributed by atoms with van der Waals surface area (Å²) in [6.45, 7) is 5.07. The summed E-state index contributed by atoms with van der Waals surface area (Å²) in [6.07, 6.45) is 0.822. The van der Waals surface area contributed by atoms with Gasteiger partial charge in [0.15, 0.2) is 0 Å². The Hall–Kier alpha value is -0.620. The van der Waals surface area contributed by atoms with Crippen molar-refractivity contribution in [1.82, 2.24) is 4.90 Å². The molecule has 1 aromatic rings. The van der Waals surface area contributed by atoms with Crippen molar-refractivity contribution in [2.75, 3.05) is 39.5 Å². The second kappa shape index (κ2) is 8.53. The Morgan fingerprint density at radius 2 is 2.11 bits per heavy atom. The van der Waals surface area contributed by atoms with Crippen molar-refractivity contribution in [2.45, 2.75) is 0 Å². The molecule has 0 unspecified atom stereocenters. The van der Waals surface area contributed by atoms with Crippen LogP contribution in [0.3, 0.4) is 0 Å². The summed E-state index contributed by atoms with van der Waals surface area (Å²) in [5, 5.41) is 0. The number of rotatable bonds is 5. The molecule has 1 aliphatic heterocycles. The molecule has 0 spiro atoms. The molecule has 4 nitrogen and oxygen atoms in total. The maximum Gasteiger partial charge on any atom is 0.150 e. The van der Waals surface area contributed by atoms with E-state index < -0.39 is 0 Å². The number of morpholine rings is 1. The van der Waals surface area contributed by atoms with Crippen molar-refractivity contribution in [3.63, 3.8) is 0 Å². The topological polar surface area (TPSA) is 38.8 Å². The summed E-state index contributed by atoms with van der Waals surface area (Å²) in [5.41, 5.74) is 0.641. The largest absolute Gasteiger partial charge is 0.491 e. The summed E-state index contributed by atoms with van der Waals surface area (Å²) in [7, 11) is 0. The van der Waals surface area contributed by atoms with E-state index in [0.29, 0.717) is 12.2 Å². The predicted octanol–water partition coefficient (Wildman–Crippen LogP) is 2.39. The first-order valence-electron chi connectivity index (χ1n) is 5.97. The fraction of sp³-hybridized carbons (Fsp3) is 0.462. The second-order valence-corrected chi connectivity index (χ2v) is 4.96. The lowest BCUT2D eigenvalue weighted by Gasteiger charge is -2.26. The van der Waals surface area contributed by atoms with E-state index in [1.807, 2.05) is 6.07 Å². The van der Waals surface area contributed by atoms with E-state index in [4.69, 9.17) is 9.47 Å². The number of hydrogen-bond donors (Lipinski definition) is 0. The van der Waals surface area contributed by atoms with Crippen LogP contribution in [0.25, 0.3) is 0 Å². The van der Waals surface area contributed by atoms with Gasteiger partial charge in [-0.2, -0.15) is 0 Å². The van der Waals surface area contributed by atoms with Crippen LogP contribution in [-0.2, 0) is 4.74 Å². The molecule has 1 aromatic carbocycles. The van der Waals surface area contributed by atoms with E-state index in [2.05, 4.69) is 20.8 Å². The number of carbonyl (C=O) groups excluding carboxylic acids is 1. The Labute approximate surface area is 127 Å². The van der Waals surface area contributed by atoms with Gasteiger partial charge in [0, 0.05) is 25.2 Å². The smallest absolute Gasteiger partial charge is 0.150 e. The van der Waals surface area contributed by atoms with Crippen LogP contribution in [-0.4, -0.2) is 50.6 Å². The second-order valence-electron chi connectivity index (χ2n) is 4.11. The fourth-order valence-corrected chi connectivity index (χ4v) is 2.33. The summed E-state index contributed by atoms with van der Waals surface area (Å²) in [4.78, 5) is 12.9. The van der Waals surface area contributed by atoms with Crippen LogP contribution in [0.2, 0.25) is 0 Å². The van der Waals surface area contributed by atoms with Crippen LogP contribution in [0.15, 0.2) is 22.7 Å². The van der Waals surface area contributed by atoms with Crippen molar-refractivity contribution in [3.8, 4) is 5.75 Å². The molecule has 0 bridgehead atoms. The molecule has 6 heteroatoms. The van der Waals surface area contributed by atoms with Gasteiger partial charge >= 0.3 is 0 Å². The number of aldehydes is 1. The highest BCUT2D eigenvalue weighted by atomic mass is 79.9. The number of benzene rings is 1. The normalized spacial score (nSPS) is 15.6. The van der Waals surface area contributed by atoms with E-state index >= 15 is 0 Å². The molecule has 0 radical (unpaired) electrons. The fourth-order valence-electron chi connectivity index (χ4n) is 1.82. The monoisotopic (exact) mass is 349 g/mol. The van der Waals surface area contributed by atoms with Crippen LogP contribution in [0, 0.1) is 0 Å². The minimum absolute atomic E-state index is 0. The molecule has 0 saturated carbocycles. The standard InChI is InChI=1S/C13H16BrNO3.ClH/c14-12-9-11(10-16)1-2-13(12)18-8-5-15-3-6-17-7-4-15;/h1-2,9-10H,3-8H2;1H. The third kappa shape index (κ3) is 5.10. The Balaban J connectivity index is 0.00000180. The molecule has 0 atom stereocenters. The van der Waals surface area contributed by atoms with Crippen molar-refractivity contribution in [3.05, 3.63) is 28.2 Å². The highest BCUT2D eigenvalue weighted by Crippen LogP contribution is 2.25. The van der Waals surface area contributed by atoms with Crippen molar-refractivity contribution in [1.29, 1.82) is 0 Å². The maximum absolute atomic E-state index is 10.6. The van der Waals surface area contributed by atoms with Crippen molar-refractivity contribution >= 4 is 34.6 Å². The Bertz CT molecular complexity index is 411. The van der Waals surface area contributed by atoms with Gasteiger partial charge in [-0.25, -0.2) is 0 Å². The minimum Gasteiger partial charge on any atom is -0.491 e. The van der Waals surface area contributed by atoms with Gasteiger partial charge in [-0.3, -0.25) is 9.69 Å². The van der Waals surface area contributed by atoms with Gasteiger partial charge in [0.2, 0.25) is 0 Å². The zero-order valence-electron chi connectivity index (χ0n) is 10.5. The van der Waals surface area contributed by atoms with Crippen LogP contribution in [0.4, 0.5) is 0 Å². The SMILES string of the molecule is Cl.O=Cc1ccc(OCCN2CCOCC2)c(Br)c1. The molecular weight excluding hydrogens is 334 g/mol. The third-order valence-corrected chi connectivity index (χ3v) is 3.48. The first-order chi connectivity index (χ1) is 8.79. The zero-order valence-corrected chi connectivity index (χ0v) is 12.9. The van der Waals surface area contributed by atoms with Crippen LogP contribution >= 0.6 is 28.3 Å². The van der Waals surface area contributed by atoms with E-state index in [1.54, 1.807) is 12.1 Å². The molecule has 0 amide bonds. The molecule has 0 N–H and O–H groups in total. The third-order valence-electron chi connectivity index (χ3n) is 2.86. The van der Waals surface area contributed by atoms with Gasteiger partial charge < -0.3 is 9.47 Å². The lowest BCUT2D eigenvalue weighted by atomic mass is 10.2. The van der Waals surface area contributed by atoms with Crippen LogP contribution < -0.4 is 4.74 Å². The van der Waals surface area contributed by atoms with Gasteiger partial charge in [-0.05, 0) is 34.1 Å². The minimum atomic E-state index is 0. The van der Waals surface area contributed by atoms with Crippen LogP contribution in [0.5, 0.6) is 5.75 Å². The van der Waals surface area contributed by atoms with Gasteiger partial charge in [-0.15, -0.1) is 12.4 Å². The number of hydrogen-bond acceptors (Lipinski definition) is 4. The van der Waals surface area contributed by atoms with E-state index in [-0.39, 0.29) is 12.4 Å². The lowest BCUT2D eigenvalue weighted by molar-refractivity contribution is 0.0322. The first kappa shape index (κ1) is 16.4. The highest BCUT2D eigenvalue weighted by molar-refractivity contribution is 9.10. The van der Waals surface area contributed by atoms with E-state index in [1.165, 1.54) is 0 Å². The Morgan fingerprint density at radius 1 is 1.37 bits per heavy atom. The molecule has 0 aliphatic carbocycles. The summed E-state index contributed by atoms with van der Waals surface area (Å²) in [5.74, 6) is 0.772. The molecule has 1 heterocycles. The van der Waals surface area contributed by atoms with Gasteiger partial charge in [-0.1, -0.05) is 0 Å². The Morgan fingerprint density at radius 3 is 2.74 bits per heavy atom. The number of nitrogens with zero attached hydrogens (tertiary/aromatic N) is 1. The van der Waals surface area contributed by atoms with Gasteiger partial charge in [0.1, 0.15) is 18.6 Å². The summed E-state index contributed by atoms with van der Waals surface area (Å²) < 4.78 is 11.8. The average Bonchev–Trinajstić information content (AvgIpc) is 2.42. The van der Waals surface area contributed by atoms with Gasteiger partial charge in [0.05, 0.1) is 17.7 Å². The molecule has 1 fully saturated rings. The molecule has 1 saturated heterocycles. The zero-order chi connectivity index (χ0) is 12.8. The lowest BCUT2D eigenvalue weighted by Crippen LogP contribution is -2.38. The molecule has 106 valence electrons. The number of ether oxygens (including phenoxy) is 2. The number of carbonyl (C=O) groups is 1. The molecule has 0 aromatic heterocycles. The molecule has 2 rings (SSSR count). The van der Waals surface area contributed by atoms with E-state index in [0.717, 1.165) is 49.4 Å². The maximum atomic E-state index is 10.6. The highest BCUT2D eigenvalue weighted by Gasteiger charge is 2.10. The van der Waals surface area contributed by atoms with Crippen molar-refractivity contribution in [2.24, 2.45) is 0 Å². The van der Waals surface area contributed by atoms with Crippen molar-refractivity contribution < 1.29 is 14.3 Å². The molecular formula is C13H17BrClNO3. The quantitative estimate of drug-likeness (QED) is 0.765. The first-order valence-corrected chi connectivity index (χ1v) is 6.76. The van der Waals surface area contributed by atoms with E-state index in [9.17, 15) is 4.79 Å². The average molecular weight is 351 g/mol.